The summed E-state index contributed by atoms with van der Waals surface area (Å²) in [5.74, 6) is -0.172. The Bertz CT molecular complexity index is 487. The van der Waals surface area contributed by atoms with Gasteiger partial charge in [0.2, 0.25) is 0 Å². The Labute approximate surface area is 135 Å². The highest BCUT2D eigenvalue weighted by molar-refractivity contribution is 6.74. The molecule has 0 amide bonds. The fourth-order valence-electron chi connectivity index (χ4n) is 2.88. The van der Waals surface area contributed by atoms with Crippen LogP contribution in [0.2, 0.25) is 18.1 Å². The van der Waals surface area contributed by atoms with Crippen LogP contribution in [0.25, 0.3) is 0 Å². The summed E-state index contributed by atoms with van der Waals surface area (Å²) in [6.45, 7) is 13.2. The average Bonchev–Trinajstić information content (AvgIpc) is 2.88. The van der Waals surface area contributed by atoms with Crippen molar-refractivity contribution in [2.75, 3.05) is 13.2 Å². The van der Waals surface area contributed by atoms with Crippen molar-refractivity contribution in [2.45, 2.75) is 63.7 Å². The van der Waals surface area contributed by atoms with Crippen LogP contribution in [-0.2, 0) is 9.96 Å². The third-order valence-corrected chi connectivity index (χ3v) is 9.98. The van der Waals surface area contributed by atoms with Crippen molar-refractivity contribution in [3.8, 4) is 0 Å². The summed E-state index contributed by atoms with van der Waals surface area (Å²) in [4.78, 5) is 0. The minimum absolute atomic E-state index is 0.0456. The first-order valence-electron chi connectivity index (χ1n) is 8.31. The lowest BCUT2D eigenvalue weighted by molar-refractivity contribution is 0.225. The van der Waals surface area contributed by atoms with E-state index in [0.29, 0.717) is 0 Å². The first-order chi connectivity index (χ1) is 10.2. The molecule has 0 aromatic heterocycles. The fourth-order valence-corrected chi connectivity index (χ4v) is 3.92. The number of halogens is 1. The van der Waals surface area contributed by atoms with E-state index in [9.17, 15) is 4.39 Å². The van der Waals surface area contributed by atoms with Gasteiger partial charge in [0.25, 0.3) is 0 Å². The molecule has 0 spiro atoms. The zero-order chi connectivity index (χ0) is 16.4. The van der Waals surface area contributed by atoms with E-state index in [4.69, 9.17) is 4.43 Å². The minimum Gasteiger partial charge on any atom is -0.417 e. The predicted molar refractivity (Wildman–Crippen MR) is 93.1 cm³/mol. The standard InChI is InChI=1S/C18H30FNOSi/c1-17(2,3)22(4,5)21-14-12-18(11-6-13-20-18)15-7-9-16(19)10-8-15/h7-10,20H,6,11-14H2,1-5H3/t18-/m1/s1. The summed E-state index contributed by atoms with van der Waals surface area (Å²) in [6, 6.07) is 6.96. The normalized spacial score (nSPS) is 23.0. The lowest BCUT2D eigenvalue weighted by atomic mass is 9.85. The Hall–Kier alpha value is -0.713. The van der Waals surface area contributed by atoms with Crippen LogP contribution in [0.15, 0.2) is 24.3 Å². The van der Waals surface area contributed by atoms with Crippen LogP contribution in [0.4, 0.5) is 4.39 Å². The van der Waals surface area contributed by atoms with Crippen LogP contribution >= 0.6 is 0 Å². The third-order valence-electron chi connectivity index (χ3n) is 5.44. The van der Waals surface area contributed by atoms with Gasteiger partial charge in [-0.25, -0.2) is 4.39 Å². The maximum atomic E-state index is 13.2. The zero-order valence-electron chi connectivity index (χ0n) is 14.6. The van der Waals surface area contributed by atoms with Crippen molar-refractivity contribution in [2.24, 2.45) is 0 Å². The Balaban J connectivity index is 2.06. The highest BCUT2D eigenvalue weighted by Gasteiger charge is 2.39. The van der Waals surface area contributed by atoms with Crippen molar-refractivity contribution in [1.29, 1.82) is 0 Å². The third kappa shape index (κ3) is 3.78. The van der Waals surface area contributed by atoms with Gasteiger partial charge < -0.3 is 9.74 Å². The number of hydrogen-bond acceptors (Lipinski definition) is 2. The van der Waals surface area contributed by atoms with E-state index in [2.05, 4.69) is 39.2 Å². The van der Waals surface area contributed by atoms with Gasteiger partial charge >= 0.3 is 0 Å². The molecule has 1 aromatic rings. The number of nitrogens with one attached hydrogen (secondary N) is 1. The SMILES string of the molecule is CC(C)(C)[Si](C)(C)OCC[C@@]1(c2ccc(F)cc2)CCCN1. The minimum atomic E-state index is -1.71. The highest BCUT2D eigenvalue weighted by Crippen LogP contribution is 2.38. The number of hydrogen-bond donors (Lipinski definition) is 1. The molecule has 0 bridgehead atoms. The Morgan fingerprint density at radius 3 is 2.36 bits per heavy atom. The van der Waals surface area contributed by atoms with Gasteiger partial charge in [0.1, 0.15) is 5.82 Å². The molecule has 2 rings (SSSR count). The van der Waals surface area contributed by atoms with Gasteiger partial charge in [0.05, 0.1) is 0 Å². The van der Waals surface area contributed by atoms with Crippen LogP contribution in [0, 0.1) is 5.82 Å². The average molecular weight is 324 g/mol. The smallest absolute Gasteiger partial charge is 0.191 e. The molecule has 0 radical (unpaired) electrons. The van der Waals surface area contributed by atoms with Gasteiger partial charge in [0, 0.05) is 12.1 Å². The molecule has 0 saturated carbocycles. The lowest BCUT2D eigenvalue weighted by Gasteiger charge is -2.38. The molecule has 1 N–H and O–H groups in total. The van der Waals surface area contributed by atoms with Crippen LogP contribution in [0.1, 0.15) is 45.6 Å². The molecule has 1 saturated heterocycles. The van der Waals surface area contributed by atoms with E-state index >= 15 is 0 Å². The van der Waals surface area contributed by atoms with E-state index in [1.54, 1.807) is 12.1 Å². The molecule has 1 atom stereocenters. The first-order valence-corrected chi connectivity index (χ1v) is 11.2. The van der Waals surface area contributed by atoms with Gasteiger partial charge in [-0.15, -0.1) is 0 Å². The molecule has 0 unspecified atom stereocenters. The van der Waals surface area contributed by atoms with Crippen molar-refractivity contribution in [1.82, 2.24) is 5.32 Å². The van der Waals surface area contributed by atoms with E-state index in [-0.39, 0.29) is 16.4 Å². The maximum Gasteiger partial charge on any atom is 0.191 e. The van der Waals surface area contributed by atoms with Crippen molar-refractivity contribution < 1.29 is 8.82 Å². The molecule has 1 heterocycles. The van der Waals surface area contributed by atoms with Crippen LogP contribution in [0.5, 0.6) is 0 Å². The second-order valence-electron chi connectivity index (χ2n) is 7.98. The van der Waals surface area contributed by atoms with Crippen LogP contribution in [-0.4, -0.2) is 21.5 Å². The zero-order valence-corrected chi connectivity index (χ0v) is 15.6. The molecule has 1 aromatic carbocycles. The van der Waals surface area contributed by atoms with Gasteiger partial charge in [0.15, 0.2) is 8.32 Å². The largest absolute Gasteiger partial charge is 0.417 e. The van der Waals surface area contributed by atoms with Crippen LogP contribution < -0.4 is 5.32 Å². The van der Waals surface area contributed by atoms with E-state index < -0.39 is 8.32 Å². The summed E-state index contributed by atoms with van der Waals surface area (Å²) >= 11 is 0. The monoisotopic (exact) mass is 323 g/mol. The molecular formula is C18H30FNOSi. The van der Waals surface area contributed by atoms with E-state index in [0.717, 1.165) is 32.4 Å². The van der Waals surface area contributed by atoms with Gasteiger partial charge in [-0.2, -0.15) is 0 Å². The molecule has 1 fully saturated rings. The van der Waals surface area contributed by atoms with Gasteiger partial charge in [-0.3, -0.25) is 0 Å². The van der Waals surface area contributed by atoms with E-state index in [1.807, 2.05) is 12.1 Å². The Morgan fingerprint density at radius 2 is 1.86 bits per heavy atom. The molecule has 0 aliphatic carbocycles. The van der Waals surface area contributed by atoms with Gasteiger partial charge in [-0.1, -0.05) is 32.9 Å². The molecule has 1 aliphatic rings. The summed E-state index contributed by atoms with van der Waals surface area (Å²) in [5.41, 5.74) is 1.14. The Morgan fingerprint density at radius 1 is 1.23 bits per heavy atom. The molecule has 22 heavy (non-hydrogen) atoms. The Kier molecular flexibility index (Phi) is 5.15. The summed E-state index contributed by atoms with van der Waals surface area (Å²) in [6.07, 6.45) is 3.21. The maximum absolute atomic E-state index is 13.2. The van der Waals surface area contributed by atoms with Crippen molar-refractivity contribution in [3.63, 3.8) is 0 Å². The quantitative estimate of drug-likeness (QED) is 0.785. The molecule has 1 aliphatic heterocycles. The predicted octanol–water partition coefficient (Wildman–Crippen LogP) is 4.82. The van der Waals surface area contributed by atoms with Crippen LogP contribution in [0.3, 0.4) is 0 Å². The summed E-state index contributed by atoms with van der Waals surface area (Å²) in [5, 5.41) is 3.88. The van der Waals surface area contributed by atoms with Gasteiger partial charge in [-0.05, 0) is 61.6 Å². The highest BCUT2D eigenvalue weighted by atomic mass is 28.4. The van der Waals surface area contributed by atoms with Crippen molar-refractivity contribution >= 4 is 8.32 Å². The summed E-state index contributed by atoms with van der Waals surface area (Å²) in [7, 11) is -1.71. The number of benzene rings is 1. The first kappa shape index (κ1) is 17.6. The lowest BCUT2D eigenvalue weighted by Crippen LogP contribution is -2.43. The van der Waals surface area contributed by atoms with Crippen molar-refractivity contribution in [3.05, 3.63) is 35.6 Å². The summed E-state index contributed by atoms with van der Waals surface area (Å²) < 4.78 is 19.5. The molecule has 2 nitrogen and oxygen atoms in total. The molecular weight excluding hydrogens is 293 g/mol. The fraction of sp³-hybridized carbons (Fsp3) is 0.667. The molecule has 124 valence electrons. The van der Waals surface area contributed by atoms with E-state index in [1.165, 1.54) is 5.56 Å². The second kappa shape index (κ2) is 6.42. The number of rotatable bonds is 5. The molecule has 4 heteroatoms. The second-order valence-corrected chi connectivity index (χ2v) is 12.8. The topological polar surface area (TPSA) is 21.3 Å².